The second-order valence-corrected chi connectivity index (χ2v) is 11.9. The molecular weight excluding hydrogens is 608 g/mol. The minimum absolute atomic E-state index is 0.155. The van der Waals surface area contributed by atoms with Crippen LogP contribution in [-0.2, 0) is 5.54 Å². The Bertz CT molecular complexity index is 2260. The molecule has 0 spiro atoms. The van der Waals surface area contributed by atoms with Crippen molar-refractivity contribution in [1.29, 1.82) is 0 Å². The molecule has 0 aliphatic heterocycles. The van der Waals surface area contributed by atoms with Crippen molar-refractivity contribution in [2.75, 3.05) is 6.61 Å². The number of carbonyl (C=O) groups excluding carboxylic acids is 1. The van der Waals surface area contributed by atoms with Crippen LogP contribution in [-0.4, -0.2) is 42.4 Å². The second-order valence-electron chi connectivity index (χ2n) is 11.9. The van der Waals surface area contributed by atoms with Gasteiger partial charge < -0.3 is 15.4 Å². The van der Waals surface area contributed by atoms with Gasteiger partial charge in [-0.1, -0.05) is 121 Å². The van der Waals surface area contributed by atoms with Gasteiger partial charge in [-0.2, -0.15) is 5.10 Å². The molecule has 1 amide bonds. The Morgan fingerprint density at radius 1 is 0.755 bits per heavy atom. The fraction of sp³-hybridized carbons (Fsp3) is 0.0732. The third-order valence-electron chi connectivity index (χ3n) is 9.03. The zero-order valence-electron chi connectivity index (χ0n) is 26.4. The molecule has 0 fully saturated rings. The molecule has 49 heavy (non-hydrogen) atoms. The maximum Gasteiger partial charge on any atom is 0.287 e. The number of nitrogens with zero attached hydrogens (tertiary/aromatic N) is 4. The molecule has 3 N–H and O–H groups in total. The van der Waals surface area contributed by atoms with Crippen molar-refractivity contribution < 1.29 is 9.90 Å². The van der Waals surface area contributed by atoms with E-state index < -0.39 is 17.5 Å². The van der Waals surface area contributed by atoms with Crippen molar-refractivity contribution in [1.82, 2.24) is 30.0 Å². The SMILES string of the molecule is O=C(N[C@H](CO)c1ccccc1)c1nc2cc3c(-c4ccncc4)nn(C(c4ccccc4)(c4ccccc4)c4ccccc4)c3cc2[nH]1. The van der Waals surface area contributed by atoms with Gasteiger partial charge in [-0.3, -0.25) is 9.78 Å². The fourth-order valence-electron chi connectivity index (χ4n) is 6.76. The summed E-state index contributed by atoms with van der Waals surface area (Å²) >= 11 is 0. The van der Waals surface area contributed by atoms with Gasteiger partial charge in [0.1, 0.15) is 11.2 Å². The number of aromatic amines is 1. The molecule has 238 valence electrons. The predicted octanol–water partition coefficient (Wildman–Crippen LogP) is 7.28. The average molecular weight is 641 g/mol. The molecule has 0 saturated heterocycles. The summed E-state index contributed by atoms with van der Waals surface area (Å²) in [5.41, 5.74) is 6.89. The van der Waals surface area contributed by atoms with Crippen molar-refractivity contribution in [2.45, 2.75) is 11.6 Å². The summed E-state index contributed by atoms with van der Waals surface area (Å²) in [5.74, 6) is -0.256. The van der Waals surface area contributed by atoms with Gasteiger partial charge in [0.2, 0.25) is 0 Å². The lowest BCUT2D eigenvalue weighted by Crippen LogP contribution is -2.38. The van der Waals surface area contributed by atoms with Crippen molar-refractivity contribution in [2.24, 2.45) is 0 Å². The van der Waals surface area contributed by atoms with Crippen LogP contribution in [0.5, 0.6) is 0 Å². The maximum atomic E-state index is 13.5. The minimum atomic E-state index is -0.870. The van der Waals surface area contributed by atoms with Crippen molar-refractivity contribution in [3.8, 4) is 11.3 Å². The second kappa shape index (κ2) is 12.7. The van der Waals surface area contributed by atoms with Crippen LogP contribution in [0.15, 0.2) is 158 Å². The first-order chi connectivity index (χ1) is 24.2. The number of benzene rings is 5. The molecule has 1 atom stereocenters. The van der Waals surface area contributed by atoms with E-state index >= 15 is 0 Å². The number of hydrogen-bond acceptors (Lipinski definition) is 5. The van der Waals surface area contributed by atoms with Crippen LogP contribution < -0.4 is 5.32 Å². The van der Waals surface area contributed by atoms with Crippen LogP contribution >= 0.6 is 0 Å². The summed E-state index contributed by atoms with van der Waals surface area (Å²) in [4.78, 5) is 25.8. The first-order valence-corrected chi connectivity index (χ1v) is 16.1. The number of fused-ring (bicyclic) bond motifs is 2. The number of aliphatic hydroxyl groups excluding tert-OH is 1. The summed E-state index contributed by atoms with van der Waals surface area (Å²) < 4.78 is 2.11. The molecule has 8 rings (SSSR count). The van der Waals surface area contributed by atoms with E-state index in [2.05, 4.69) is 92.8 Å². The van der Waals surface area contributed by atoms with Gasteiger partial charge >= 0.3 is 0 Å². The summed E-state index contributed by atoms with van der Waals surface area (Å²) in [6.07, 6.45) is 3.53. The Morgan fingerprint density at radius 3 is 1.86 bits per heavy atom. The highest BCUT2D eigenvalue weighted by Crippen LogP contribution is 2.44. The van der Waals surface area contributed by atoms with Crippen LogP contribution in [0.1, 0.15) is 38.9 Å². The average Bonchev–Trinajstić information content (AvgIpc) is 3.77. The predicted molar refractivity (Wildman–Crippen MR) is 191 cm³/mol. The third kappa shape index (κ3) is 5.24. The summed E-state index contributed by atoms with van der Waals surface area (Å²) in [6.45, 7) is -0.245. The standard InChI is InChI=1S/C41H32N6O2/c48-27-36(28-13-5-1-6-14-28)45-40(49)39-43-34-25-33-37(26-35(34)44-39)47(46-38(33)29-21-23-42-24-22-29)41(30-15-7-2-8-16-30,31-17-9-3-10-18-31)32-19-11-4-12-20-32/h1-26,36,48H,27H2,(H,43,44)(H,45,49)/t36-/m1/s1. The molecule has 8 heteroatoms. The fourth-order valence-corrected chi connectivity index (χ4v) is 6.76. The lowest BCUT2D eigenvalue weighted by Gasteiger charge is -2.37. The van der Waals surface area contributed by atoms with Gasteiger partial charge in [-0.25, -0.2) is 9.67 Å². The summed E-state index contributed by atoms with van der Waals surface area (Å²) in [7, 11) is 0. The van der Waals surface area contributed by atoms with Crippen LogP contribution in [0.3, 0.4) is 0 Å². The largest absolute Gasteiger partial charge is 0.394 e. The highest BCUT2D eigenvalue weighted by atomic mass is 16.3. The number of nitrogens with one attached hydrogen (secondary N) is 2. The van der Waals surface area contributed by atoms with E-state index in [0.29, 0.717) is 11.0 Å². The first kappa shape index (κ1) is 30.0. The number of rotatable bonds is 9. The summed E-state index contributed by atoms with van der Waals surface area (Å²) in [5, 5.41) is 19.3. The van der Waals surface area contributed by atoms with E-state index in [0.717, 1.165) is 44.4 Å². The first-order valence-electron chi connectivity index (χ1n) is 16.1. The van der Waals surface area contributed by atoms with Crippen LogP contribution in [0, 0.1) is 0 Å². The molecule has 0 radical (unpaired) electrons. The third-order valence-corrected chi connectivity index (χ3v) is 9.03. The van der Waals surface area contributed by atoms with Gasteiger partial charge in [-0.15, -0.1) is 0 Å². The number of amides is 1. The number of aromatic nitrogens is 5. The number of carbonyl (C=O) groups is 1. The Balaban J connectivity index is 1.38. The van der Waals surface area contributed by atoms with Gasteiger partial charge in [-0.05, 0) is 46.5 Å². The highest BCUT2D eigenvalue weighted by Gasteiger charge is 2.41. The van der Waals surface area contributed by atoms with E-state index in [1.807, 2.05) is 72.8 Å². The molecule has 8 aromatic rings. The van der Waals surface area contributed by atoms with E-state index in [-0.39, 0.29) is 12.4 Å². The van der Waals surface area contributed by atoms with Crippen LogP contribution in [0.2, 0.25) is 0 Å². The maximum absolute atomic E-state index is 13.5. The molecule has 3 aromatic heterocycles. The van der Waals surface area contributed by atoms with Crippen molar-refractivity contribution >= 4 is 27.8 Å². The van der Waals surface area contributed by atoms with Gasteiger partial charge in [0, 0.05) is 23.3 Å². The van der Waals surface area contributed by atoms with Crippen molar-refractivity contribution in [3.05, 3.63) is 186 Å². The van der Waals surface area contributed by atoms with Gasteiger partial charge in [0.25, 0.3) is 5.91 Å². The molecule has 5 aromatic carbocycles. The minimum Gasteiger partial charge on any atom is -0.394 e. The van der Waals surface area contributed by atoms with Crippen LogP contribution in [0.25, 0.3) is 33.2 Å². The summed E-state index contributed by atoms with van der Waals surface area (Å²) in [6, 6.07) is 48.0. The van der Waals surface area contributed by atoms with E-state index in [4.69, 9.17) is 10.1 Å². The Morgan fingerprint density at radius 2 is 1.31 bits per heavy atom. The highest BCUT2D eigenvalue weighted by molar-refractivity contribution is 6.03. The molecule has 0 bridgehead atoms. The van der Waals surface area contributed by atoms with Crippen LogP contribution in [0.4, 0.5) is 0 Å². The zero-order chi connectivity index (χ0) is 33.2. The molecule has 0 saturated carbocycles. The van der Waals surface area contributed by atoms with Gasteiger partial charge in [0.05, 0.1) is 29.2 Å². The molecule has 0 unspecified atom stereocenters. The van der Waals surface area contributed by atoms with E-state index in [9.17, 15) is 9.90 Å². The Hall–Kier alpha value is -6.38. The Kier molecular flexibility index (Phi) is 7.75. The zero-order valence-corrected chi connectivity index (χ0v) is 26.4. The molecule has 0 aliphatic carbocycles. The molecule has 0 aliphatic rings. The quantitative estimate of drug-likeness (QED) is 0.144. The number of hydrogen-bond donors (Lipinski definition) is 3. The number of pyridine rings is 1. The lowest BCUT2D eigenvalue weighted by atomic mass is 9.77. The normalized spacial score (nSPS) is 12.3. The Labute approximate surface area is 282 Å². The molecular formula is C41H32N6O2. The smallest absolute Gasteiger partial charge is 0.287 e. The number of imidazole rings is 1. The molecule has 3 heterocycles. The van der Waals surface area contributed by atoms with E-state index in [1.165, 1.54) is 0 Å². The number of H-pyrrole nitrogens is 1. The number of aliphatic hydroxyl groups is 1. The monoisotopic (exact) mass is 640 g/mol. The molecule has 8 nitrogen and oxygen atoms in total. The lowest BCUT2D eigenvalue weighted by molar-refractivity contribution is 0.0907. The topological polar surface area (TPSA) is 109 Å². The van der Waals surface area contributed by atoms with E-state index in [1.54, 1.807) is 12.4 Å². The van der Waals surface area contributed by atoms with Crippen molar-refractivity contribution in [3.63, 3.8) is 0 Å². The van der Waals surface area contributed by atoms with Gasteiger partial charge in [0.15, 0.2) is 5.82 Å².